The van der Waals surface area contributed by atoms with Crippen molar-refractivity contribution in [2.75, 3.05) is 12.4 Å². The van der Waals surface area contributed by atoms with Crippen LogP contribution >= 0.6 is 23.4 Å². The number of methoxy groups -OCH3 is 1. The summed E-state index contributed by atoms with van der Waals surface area (Å²) in [5.74, 6) is 0.448. The Bertz CT molecular complexity index is 881. The molecule has 0 spiro atoms. The number of oxazole rings is 1. The molecule has 0 saturated heterocycles. The van der Waals surface area contributed by atoms with Gasteiger partial charge in [-0.05, 0) is 31.2 Å². The Labute approximate surface area is 148 Å². The zero-order chi connectivity index (χ0) is 17.1. The van der Waals surface area contributed by atoms with Crippen LogP contribution in [0.25, 0.3) is 11.1 Å². The predicted molar refractivity (Wildman–Crippen MR) is 96.0 cm³/mol. The normalized spacial score (nSPS) is 12.1. The molecular formula is C17H15ClN2O3S. The molecule has 1 heterocycles. The Balaban J connectivity index is 1.71. The fourth-order valence-corrected chi connectivity index (χ4v) is 3.03. The van der Waals surface area contributed by atoms with Gasteiger partial charge >= 0.3 is 0 Å². The van der Waals surface area contributed by atoms with Crippen molar-refractivity contribution >= 4 is 46.1 Å². The summed E-state index contributed by atoms with van der Waals surface area (Å²) < 4.78 is 10.9. The third-order valence-electron chi connectivity index (χ3n) is 3.34. The number of fused-ring (bicyclic) bond motifs is 1. The van der Waals surface area contributed by atoms with Crippen LogP contribution in [0.3, 0.4) is 0 Å². The molecule has 1 atom stereocenters. The molecule has 0 aliphatic carbocycles. The van der Waals surface area contributed by atoms with Crippen LogP contribution in [-0.4, -0.2) is 23.3 Å². The molecule has 124 valence electrons. The number of nitrogens with one attached hydrogen (secondary N) is 1. The molecular weight excluding hydrogens is 348 g/mol. The quantitative estimate of drug-likeness (QED) is 0.671. The van der Waals surface area contributed by atoms with E-state index in [0.717, 1.165) is 0 Å². The molecule has 1 aromatic heterocycles. The van der Waals surface area contributed by atoms with Gasteiger partial charge < -0.3 is 14.5 Å². The van der Waals surface area contributed by atoms with Gasteiger partial charge in [-0.2, -0.15) is 0 Å². The molecule has 0 unspecified atom stereocenters. The van der Waals surface area contributed by atoms with E-state index in [2.05, 4.69) is 10.3 Å². The fourth-order valence-electron chi connectivity index (χ4n) is 2.11. The van der Waals surface area contributed by atoms with Gasteiger partial charge in [0.15, 0.2) is 5.58 Å². The number of nitrogens with zero attached hydrogens (tertiary/aromatic N) is 1. The fraction of sp³-hybridized carbons (Fsp3) is 0.176. The highest BCUT2D eigenvalue weighted by molar-refractivity contribution is 8.00. The molecule has 24 heavy (non-hydrogen) atoms. The Morgan fingerprint density at radius 2 is 2.12 bits per heavy atom. The van der Waals surface area contributed by atoms with E-state index in [-0.39, 0.29) is 5.91 Å². The average molecular weight is 363 g/mol. The van der Waals surface area contributed by atoms with Crippen LogP contribution in [0.2, 0.25) is 5.02 Å². The number of ether oxygens (including phenoxy) is 1. The van der Waals surface area contributed by atoms with Gasteiger partial charge in [0, 0.05) is 11.1 Å². The smallest absolute Gasteiger partial charge is 0.257 e. The highest BCUT2D eigenvalue weighted by atomic mass is 35.5. The van der Waals surface area contributed by atoms with E-state index in [9.17, 15) is 4.79 Å². The maximum Gasteiger partial charge on any atom is 0.257 e. The number of carbonyl (C=O) groups excluding carboxylic acids is 1. The van der Waals surface area contributed by atoms with E-state index < -0.39 is 5.25 Å². The lowest BCUT2D eigenvalue weighted by Crippen LogP contribution is -2.22. The summed E-state index contributed by atoms with van der Waals surface area (Å²) in [7, 11) is 1.56. The van der Waals surface area contributed by atoms with Crippen LogP contribution in [0, 0.1) is 0 Å². The summed E-state index contributed by atoms with van der Waals surface area (Å²) in [6.07, 6.45) is 0. The number of aromatic nitrogens is 1. The van der Waals surface area contributed by atoms with E-state index in [4.69, 9.17) is 20.8 Å². The van der Waals surface area contributed by atoms with Gasteiger partial charge in [0.05, 0.1) is 18.0 Å². The van der Waals surface area contributed by atoms with Crippen molar-refractivity contribution in [3.63, 3.8) is 0 Å². The molecule has 0 bridgehead atoms. The Hall–Kier alpha value is -2.18. The maximum atomic E-state index is 12.4. The van der Waals surface area contributed by atoms with E-state index >= 15 is 0 Å². The molecule has 2 aromatic carbocycles. The average Bonchev–Trinajstić information content (AvgIpc) is 2.96. The third-order valence-corrected chi connectivity index (χ3v) is 4.52. The molecule has 0 aliphatic rings. The molecule has 0 aliphatic heterocycles. The van der Waals surface area contributed by atoms with E-state index in [0.29, 0.717) is 32.8 Å². The molecule has 3 rings (SSSR count). The topological polar surface area (TPSA) is 64.4 Å². The number of anilines is 1. The number of hydrogen-bond acceptors (Lipinski definition) is 5. The van der Waals surface area contributed by atoms with Crippen LogP contribution in [0.1, 0.15) is 6.92 Å². The summed E-state index contributed by atoms with van der Waals surface area (Å²) in [5.41, 5.74) is 1.93. The number of halogens is 1. The summed E-state index contributed by atoms with van der Waals surface area (Å²) in [6.45, 7) is 1.79. The summed E-state index contributed by atoms with van der Waals surface area (Å²) in [4.78, 5) is 16.7. The molecule has 1 N–H and O–H groups in total. The minimum atomic E-state index is -0.390. The summed E-state index contributed by atoms with van der Waals surface area (Å²) in [6, 6.07) is 12.5. The lowest BCUT2D eigenvalue weighted by atomic mass is 10.3. The third kappa shape index (κ3) is 3.66. The van der Waals surface area contributed by atoms with Crippen LogP contribution < -0.4 is 10.1 Å². The first-order chi connectivity index (χ1) is 11.6. The summed E-state index contributed by atoms with van der Waals surface area (Å²) >= 11 is 7.17. The van der Waals surface area contributed by atoms with Crippen molar-refractivity contribution in [3.8, 4) is 5.75 Å². The number of carbonyl (C=O) groups is 1. The van der Waals surface area contributed by atoms with Crippen molar-refractivity contribution in [1.82, 2.24) is 4.98 Å². The van der Waals surface area contributed by atoms with Gasteiger partial charge in [-0.25, -0.2) is 4.98 Å². The van der Waals surface area contributed by atoms with E-state index in [1.807, 2.05) is 12.1 Å². The summed E-state index contributed by atoms with van der Waals surface area (Å²) in [5, 5.41) is 3.47. The second-order valence-electron chi connectivity index (χ2n) is 5.04. The minimum Gasteiger partial charge on any atom is -0.495 e. The number of rotatable bonds is 5. The number of amides is 1. The van der Waals surface area contributed by atoms with Crippen LogP contribution in [0.5, 0.6) is 5.75 Å². The van der Waals surface area contributed by atoms with E-state index in [1.54, 1.807) is 44.4 Å². The van der Waals surface area contributed by atoms with Gasteiger partial charge in [0.1, 0.15) is 11.3 Å². The van der Waals surface area contributed by atoms with E-state index in [1.165, 1.54) is 11.8 Å². The lowest BCUT2D eigenvalue weighted by molar-refractivity contribution is -0.115. The molecule has 3 aromatic rings. The first-order valence-electron chi connectivity index (χ1n) is 7.23. The van der Waals surface area contributed by atoms with Crippen molar-refractivity contribution in [2.45, 2.75) is 17.4 Å². The Morgan fingerprint density at radius 1 is 1.33 bits per heavy atom. The second kappa shape index (κ2) is 7.15. The van der Waals surface area contributed by atoms with Gasteiger partial charge in [-0.1, -0.05) is 35.5 Å². The van der Waals surface area contributed by atoms with Crippen molar-refractivity contribution < 1.29 is 13.9 Å². The number of thioether (sulfide) groups is 1. The van der Waals surface area contributed by atoms with Gasteiger partial charge in [0.25, 0.3) is 5.22 Å². The van der Waals surface area contributed by atoms with Gasteiger partial charge in [-0.3, -0.25) is 4.79 Å². The first kappa shape index (κ1) is 16.7. The zero-order valence-corrected chi connectivity index (χ0v) is 14.6. The van der Waals surface area contributed by atoms with Gasteiger partial charge in [-0.15, -0.1) is 0 Å². The number of benzene rings is 2. The molecule has 1 amide bonds. The Kier molecular flexibility index (Phi) is 4.97. The standard InChI is InChI=1S/C17H15ClN2O3S/c1-10(16(21)19-12-5-3-4-6-14(12)22-2)24-17-20-13-8-7-11(18)9-15(13)23-17/h3-10H,1-2H3,(H,19,21)/t10-/m0/s1. The molecule has 7 heteroatoms. The van der Waals surface area contributed by atoms with Gasteiger partial charge in [0.2, 0.25) is 5.91 Å². The second-order valence-corrected chi connectivity index (χ2v) is 6.77. The first-order valence-corrected chi connectivity index (χ1v) is 8.49. The van der Waals surface area contributed by atoms with Crippen LogP contribution in [0.15, 0.2) is 52.1 Å². The Morgan fingerprint density at radius 3 is 2.92 bits per heavy atom. The highest BCUT2D eigenvalue weighted by Crippen LogP contribution is 2.30. The molecule has 5 nitrogen and oxygen atoms in total. The van der Waals surface area contributed by atoms with Crippen molar-refractivity contribution in [3.05, 3.63) is 47.5 Å². The lowest BCUT2D eigenvalue weighted by Gasteiger charge is -2.12. The van der Waals surface area contributed by atoms with Crippen LogP contribution in [0.4, 0.5) is 5.69 Å². The molecule has 0 radical (unpaired) electrons. The SMILES string of the molecule is COc1ccccc1NC(=O)[C@H](C)Sc1nc2ccc(Cl)cc2o1. The maximum absolute atomic E-state index is 12.4. The number of para-hydroxylation sites is 2. The molecule has 0 saturated carbocycles. The van der Waals surface area contributed by atoms with Crippen molar-refractivity contribution in [1.29, 1.82) is 0 Å². The highest BCUT2D eigenvalue weighted by Gasteiger charge is 2.19. The zero-order valence-electron chi connectivity index (χ0n) is 13.1. The minimum absolute atomic E-state index is 0.162. The monoisotopic (exact) mass is 362 g/mol. The largest absolute Gasteiger partial charge is 0.495 e. The number of hydrogen-bond donors (Lipinski definition) is 1. The van der Waals surface area contributed by atoms with Crippen LogP contribution in [-0.2, 0) is 4.79 Å². The molecule has 0 fully saturated rings. The predicted octanol–water partition coefficient (Wildman–Crippen LogP) is 4.61. The van der Waals surface area contributed by atoms with Crippen molar-refractivity contribution in [2.24, 2.45) is 0 Å².